The summed E-state index contributed by atoms with van der Waals surface area (Å²) >= 11 is 14.3. The van der Waals surface area contributed by atoms with E-state index in [1.165, 1.54) is 0 Å². The van der Waals surface area contributed by atoms with E-state index in [2.05, 4.69) is 15.9 Å². The first-order valence-electron chi connectivity index (χ1n) is 4.93. The maximum atomic E-state index is 6.05. The highest BCUT2D eigenvalue weighted by molar-refractivity contribution is 9.10. The van der Waals surface area contributed by atoms with Crippen LogP contribution in [-0.4, -0.2) is 11.1 Å². The minimum atomic E-state index is -0.0174. The molecule has 2 N–H and O–H groups in total. The number of hydrogen-bond donors (Lipinski definition) is 1. The van der Waals surface area contributed by atoms with Crippen LogP contribution in [0.25, 0.3) is 0 Å². The van der Waals surface area contributed by atoms with Crippen molar-refractivity contribution in [3.63, 3.8) is 0 Å². The van der Waals surface area contributed by atoms with Crippen molar-refractivity contribution in [2.24, 2.45) is 5.73 Å². The van der Waals surface area contributed by atoms with Crippen LogP contribution in [-0.2, 0) is 0 Å². The van der Waals surface area contributed by atoms with E-state index < -0.39 is 0 Å². The Morgan fingerprint density at radius 3 is 2.81 bits per heavy atom. The van der Waals surface area contributed by atoms with Gasteiger partial charge in [0.1, 0.15) is 11.9 Å². The highest BCUT2D eigenvalue weighted by Crippen LogP contribution is 2.29. The molecule has 5 heteroatoms. The average molecular weight is 323 g/mol. The Bertz CT molecular complexity index is 386. The minimum Gasteiger partial charge on any atom is -0.488 e. The Morgan fingerprint density at radius 1 is 1.62 bits per heavy atom. The summed E-state index contributed by atoms with van der Waals surface area (Å²) in [5.74, 6) is 0.660. The zero-order valence-corrected chi connectivity index (χ0v) is 12.0. The van der Waals surface area contributed by atoms with Gasteiger partial charge in [0.2, 0.25) is 0 Å². The van der Waals surface area contributed by atoms with E-state index >= 15 is 0 Å². The second kappa shape index (κ2) is 6.42. The lowest BCUT2D eigenvalue weighted by Gasteiger charge is -2.17. The highest BCUT2D eigenvalue weighted by Gasteiger charge is 2.11. The molecule has 0 heterocycles. The van der Waals surface area contributed by atoms with Crippen molar-refractivity contribution in [2.45, 2.75) is 25.9 Å². The molecule has 0 aliphatic rings. The van der Waals surface area contributed by atoms with E-state index in [1.807, 2.05) is 19.1 Å². The average Bonchev–Trinajstić information content (AvgIpc) is 2.20. The number of hydrogen-bond acceptors (Lipinski definition) is 2. The van der Waals surface area contributed by atoms with Crippen LogP contribution in [0.1, 0.15) is 19.8 Å². The Morgan fingerprint density at radius 2 is 2.31 bits per heavy atom. The van der Waals surface area contributed by atoms with Crippen molar-refractivity contribution < 1.29 is 4.74 Å². The molecule has 0 fully saturated rings. The Balaban J connectivity index is 2.73. The van der Waals surface area contributed by atoms with E-state index in [0.717, 1.165) is 10.9 Å². The quantitative estimate of drug-likeness (QED) is 0.834. The van der Waals surface area contributed by atoms with Crippen LogP contribution < -0.4 is 10.5 Å². The van der Waals surface area contributed by atoms with Crippen LogP contribution in [0, 0.1) is 0 Å². The Labute approximate surface area is 114 Å². The zero-order chi connectivity index (χ0) is 12.1. The van der Waals surface area contributed by atoms with Crippen molar-refractivity contribution in [3.8, 4) is 5.75 Å². The van der Waals surface area contributed by atoms with Crippen molar-refractivity contribution >= 4 is 44.7 Å². The fraction of sp³-hybridized carbons (Fsp3) is 0.364. The normalized spacial score (nSPS) is 12.2. The summed E-state index contributed by atoms with van der Waals surface area (Å²) in [5.41, 5.74) is 5.50. The zero-order valence-electron chi connectivity index (χ0n) is 8.87. The number of halogens is 2. The monoisotopic (exact) mass is 321 g/mol. The lowest BCUT2D eigenvalue weighted by molar-refractivity contribution is 0.205. The first-order valence-corrected chi connectivity index (χ1v) is 6.50. The highest BCUT2D eigenvalue weighted by atomic mass is 79.9. The molecule has 1 unspecified atom stereocenters. The molecule has 1 aromatic rings. The smallest absolute Gasteiger partial charge is 0.138 e. The van der Waals surface area contributed by atoms with Crippen LogP contribution in [0.4, 0.5) is 0 Å². The third-order valence-electron chi connectivity index (χ3n) is 2.07. The molecule has 0 saturated heterocycles. The Kier molecular flexibility index (Phi) is 5.52. The van der Waals surface area contributed by atoms with Gasteiger partial charge in [-0.1, -0.05) is 46.7 Å². The van der Waals surface area contributed by atoms with E-state index in [-0.39, 0.29) is 6.10 Å². The topological polar surface area (TPSA) is 35.2 Å². The van der Waals surface area contributed by atoms with Gasteiger partial charge in [-0.15, -0.1) is 0 Å². The maximum Gasteiger partial charge on any atom is 0.138 e. The molecule has 1 rings (SSSR count). The van der Waals surface area contributed by atoms with Gasteiger partial charge in [-0.25, -0.2) is 0 Å². The summed E-state index contributed by atoms with van der Waals surface area (Å²) < 4.78 is 6.66. The molecular weight excluding hydrogens is 310 g/mol. The number of ether oxygens (including phenoxy) is 1. The third kappa shape index (κ3) is 4.28. The molecule has 0 radical (unpaired) electrons. The molecule has 0 bridgehead atoms. The fourth-order valence-electron chi connectivity index (χ4n) is 1.24. The second-order valence-electron chi connectivity index (χ2n) is 3.39. The largest absolute Gasteiger partial charge is 0.488 e. The van der Waals surface area contributed by atoms with Gasteiger partial charge in [-0.05, 0) is 24.6 Å². The van der Waals surface area contributed by atoms with Crippen molar-refractivity contribution in [1.29, 1.82) is 0 Å². The van der Waals surface area contributed by atoms with Crippen LogP contribution in [0.3, 0.4) is 0 Å². The van der Waals surface area contributed by atoms with Crippen LogP contribution in [0.2, 0.25) is 5.02 Å². The number of rotatable bonds is 5. The summed E-state index contributed by atoms with van der Waals surface area (Å²) in [5, 5.41) is 0.579. The second-order valence-corrected chi connectivity index (χ2v) is 5.24. The van der Waals surface area contributed by atoms with Crippen molar-refractivity contribution in [3.05, 3.63) is 27.7 Å². The number of thiocarbonyl (C=S) groups is 1. The lowest BCUT2D eigenvalue weighted by atomic mass is 10.2. The van der Waals surface area contributed by atoms with Gasteiger partial charge in [0.05, 0.1) is 10.0 Å². The van der Waals surface area contributed by atoms with Crippen LogP contribution in [0.5, 0.6) is 5.75 Å². The van der Waals surface area contributed by atoms with Gasteiger partial charge in [-0.2, -0.15) is 0 Å². The summed E-state index contributed by atoms with van der Waals surface area (Å²) in [4.78, 5) is 0.458. The standard InChI is InChI=1S/C11H13BrClNOS/c1-2-8(6-11(14)16)15-10-4-3-7(12)5-9(10)13/h3-5,8H,2,6H2,1H3,(H2,14,16). The van der Waals surface area contributed by atoms with Crippen molar-refractivity contribution in [2.75, 3.05) is 0 Å². The van der Waals surface area contributed by atoms with Crippen molar-refractivity contribution in [1.82, 2.24) is 0 Å². The molecule has 88 valence electrons. The molecule has 0 saturated carbocycles. The predicted molar refractivity (Wildman–Crippen MR) is 75.3 cm³/mol. The van der Waals surface area contributed by atoms with Gasteiger partial charge >= 0.3 is 0 Å². The maximum absolute atomic E-state index is 6.05. The molecule has 1 atom stereocenters. The van der Waals surface area contributed by atoms with E-state index in [9.17, 15) is 0 Å². The molecule has 1 aromatic carbocycles. The lowest BCUT2D eigenvalue weighted by Crippen LogP contribution is -2.23. The van der Waals surface area contributed by atoms with Gasteiger partial charge in [0, 0.05) is 10.9 Å². The first-order chi connectivity index (χ1) is 7.52. The van der Waals surface area contributed by atoms with Gasteiger partial charge in [0.15, 0.2) is 0 Å². The predicted octanol–water partition coefficient (Wildman–Crippen LogP) is 3.94. The first kappa shape index (κ1) is 13.7. The third-order valence-corrected chi connectivity index (χ3v) is 3.03. The molecule has 0 aliphatic heterocycles. The van der Waals surface area contributed by atoms with Crippen LogP contribution in [0.15, 0.2) is 22.7 Å². The summed E-state index contributed by atoms with van der Waals surface area (Å²) in [6.07, 6.45) is 1.39. The van der Waals surface area contributed by atoms with E-state index in [4.69, 9.17) is 34.3 Å². The summed E-state index contributed by atoms with van der Waals surface area (Å²) in [6.45, 7) is 2.02. The number of nitrogens with two attached hydrogens (primary N) is 1. The van der Waals surface area contributed by atoms with Gasteiger partial charge < -0.3 is 10.5 Å². The SMILES string of the molecule is CCC(CC(N)=S)Oc1ccc(Br)cc1Cl. The summed E-state index contributed by atoms with van der Waals surface area (Å²) in [7, 11) is 0. The number of benzene rings is 1. The molecule has 0 aromatic heterocycles. The minimum absolute atomic E-state index is 0.0174. The molecule has 16 heavy (non-hydrogen) atoms. The molecular formula is C11H13BrClNOS. The summed E-state index contributed by atoms with van der Waals surface area (Å²) in [6, 6.07) is 5.51. The molecule has 0 aliphatic carbocycles. The molecule has 2 nitrogen and oxygen atoms in total. The van der Waals surface area contributed by atoms with Gasteiger partial charge in [0.25, 0.3) is 0 Å². The van der Waals surface area contributed by atoms with Gasteiger partial charge in [-0.3, -0.25) is 0 Å². The molecule has 0 amide bonds. The molecule has 0 spiro atoms. The Hall–Kier alpha value is -0.320. The van der Waals surface area contributed by atoms with Crippen LogP contribution >= 0.6 is 39.7 Å². The fourth-order valence-corrected chi connectivity index (χ4v) is 2.15. The van der Waals surface area contributed by atoms with E-state index in [0.29, 0.717) is 22.2 Å². The van der Waals surface area contributed by atoms with E-state index in [1.54, 1.807) is 6.07 Å².